The number of nitrogens with zero attached hydrogens (tertiary/aromatic N) is 10. The average Bonchev–Trinajstić information content (AvgIpc) is 1.63. The fourth-order valence-electron chi connectivity index (χ4n) is 22.4. The summed E-state index contributed by atoms with van der Waals surface area (Å²) in [5.41, 5.74) is 27.1. The molecule has 5 aromatic carbocycles. The van der Waals surface area contributed by atoms with Crippen LogP contribution in [0.15, 0.2) is 211 Å². The minimum Gasteiger partial charge on any atom is -0.454 e. The third kappa shape index (κ3) is 18.6. The van der Waals surface area contributed by atoms with Gasteiger partial charge in [0.25, 0.3) is 0 Å². The molecule has 670 valence electrons. The van der Waals surface area contributed by atoms with Crippen molar-refractivity contribution < 1.29 is 47.4 Å². The Labute approximate surface area is 765 Å². The fraction of sp³-hybridized carbons (Fsp3) is 0.409. The Kier molecular flexibility index (Phi) is 25.2. The molecule has 130 heavy (non-hydrogen) atoms. The van der Waals surface area contributed by atoms with Gasteiger partial charge in [-0.05, 0) is 370 Å². The van der Waals surface area contributed by atoms with Crippen molar-refractivity contribution in [2.45, 2.75) is 161 Å². The third-order valence-electron chi connectivity index (χ3n) is 30.2. The lowest BCUT2D eigenvalue weighted by Crippen LogP contribution is -2.37. The van der Waals surface area contributed by atoms with Gasteiger partial charge in [-0.15, -0.1) is 0 Å². The monoisotopic (exact) mass is 1740 g/mol. The van der Waals surface area contributed by atoms with Crippen molar-refractivity contribution >= 4 is 30.4 Å². The molecule has 10 aromatic rings. The lowest BCUT2D eigenvalue weighted by Gasteiger charge is -2.37. The topological polar surface area (TPSA) is 173 Å². The summed E-state index contributed by atoms with van der Waals surface area (Å²) >= 11 is 0. The van der Waals surface area contributed by atoms with Crippen molar-refractivity contribution in [1.82, 2.24) is 49.4 Å². The van der Waals surface area contributed by atoms with E-state index in [1.807, 2.05) is 91.6 Å². The van der Waals surface area contributed by atoms with Crippen LogP contribution in [0.2, 0.25) is 0 Å². The number of rotatable bonds is 15. The molecule has 0 N–H and O–H groups in total. The van der Waals surface area contributed by atoms with Gasteiger partial charge in [0.2, 0.25) is 34.0 Å². The van der Waals surface area contributed by atoms with Crippen LogP contribution in [0.25, 0.3) is 30.4 Å². The maximum atomic E-state index is 5.56. The van der Waals surface area contributed by atoms with Crippen LogP contribution >= 0.6 is 0 Å². The number of piperidine rings is 5. The van der Waals surface area contributed by atoms with Crippen LogP contribution in [0.5, 0.6) is 57.5 Å². The number of benzene rings is 5. The van der Waals surface area contributed by atoms with Gasteiger partial charge in [-0.25, -0.2) is 0 Å². The standard InChI is InChI=1S/5C22H24N2O2/c5*1-15(16-6-7-21-22(12-16)26-14-25-21)24-9-3-5-18(13-24)19-10-17-4-2-8-23-20(17)11-19/h5*2,4,6-8,11-12,15,18H,3,5,9-10,13-14H2,1H3. The van der Waals surface area contributed by atoms with Crippen molar-refractivity contribution in [3.8, 4) is 57.5 Å². The van der Waals surface area contributed by atoms with Crippen molar-refractivity contribution in [2.24, 2.45) is 29.6 Å². The van der Waals surface area contributed by atoms with Gasteiger partial charge in [-0.3, -0.25) is 49.4 Å². The smallest absolute Gasteiger partial charge is 0.231 e. The van der Waals surface area contributed by atoms with Crippen LogP contribution in [-0.2, 0) is 32.1 Å². The summed E-state index contributed by atoms with van der Waals surface area (Å²) in [5.74, 6) is 11.9. The van der Waals surface area contributed by atoms with Crippen molar-refractivity contribution in [3.63, 3.8) is 0 Å². The molecule has 20 nitrogen and oxygen atoms in total. The predicted octanol–water partition coefficient (Wildman–Crippen LogP) is 21.1. The van der Waals surface area contributed by atoms with E-state index in [0.29, 0.717) is 93.8 Å². The van der Waals surface area contributed by atoms with Gasteiger partial charge in [-0.2, -0.15) is 0 Å². The largest absolute Gasteiger partial charge is 0.454 e. The van der Waals surface area contributed by atoms with Gasteiger partial charge in [0, 0.05) is 93.9 Å². The lowest BCUT2D eigenvalue weighted by molar-refractivity contribution is 0.144. The van der Waals surface area contributed by atoms with E-state index in [4.69, 9.17) is 47.4 Å². The van der Waals surface area contributed by atoms with Gasteiger partial charge in [0.05, 0.1) is 28.5 Å². The molecule has 10 unspecified atom stereocenters. The molecular formula is C110H120N10O10. The number of fused-ring (bicyclic) bond motifs is 10. The summed E-state index contributed by atoms with van der Waals surface area (Å²) in [5, 5.41) is 0. The Bertz CT molecular complexity index is 5130. The van der Waals surface area contributed by atoms with Gasteiger partial charge >= 0.3 is 0 Å². The zero-order valence-electron chi connectivity index (χ0n) is 75.7. The van der Waals surface area contributed by atoms with E-state index < -0.39 is 0 Å². The summed E-state index contributed by atoms with van der Waals surface area (Å²) < 4.78 is 55.0. The number of likely N-dealkylation sites (tertiary alicyclic amines) is 5. The lowest BCUT2D eigenvalue weighted by atomic mass is 9.88. The number of aromatic nitrogens is 5. The molecule has 5 fully saturated rings. The van der Waals surface area contributed by atoms with Crippen LogP contribution < -0.4 is 47.4 Å². The summed E-state index contributed by atoms with van der Waals surface area (Å²) in [7, 11) is 0. The molecule has 20 heteroatoms. The SMILES string of the molecule is CC(c1ccc2c(c1)OCO2)N1CCCC(C2=Cc3ncccc3C2)C1.CC(c1ccc2c(c1)OCO2)N1CCCC(C2=Cc3ncccc3C2)C1.CC(c1ccc2c(c1)OCO2)N1CCCC(C2=Cc3ncccc3C2)C1.CC(c1ccc2c(c1)OCO2)N1CCCC(C2=Cc3ncccc3C2)C1.CC(c1ccc2c(c1)OCO2)N1CCCC(C2=Cc3ncccc3C2)C1. The molecule has 25 rings (SSSR count). The van der Waals surface area contributed by atoms with Gasteiger partial charge in [0.15, 0.2) is 57.5 Å². The van der Waals surface area contributed by atoms with E-state index in [1.54, 1.807) is 27.9 Å². The Balaban J connectivity index is 0.0000000983. The van der Waals surface area contributed by atoms with E-state index in [0.717, 1.165) is 155 Å². The molecule has 0 amide bonds. The molecule has 10 aliphatic heterocycles. The van der Waals surface area contributed by atoms with Gasteiger partial charge in [0.1, 0.15) is 0 Å². The maximum absolute atomic E-state index is 5.56. The molecular weight excluding hydrogens is 1620 g/mol. The summed E-state index contributed by atoms with van der Waals surface area (Å²) in [6, 6.07) is 55.0. The van der Waals surface area contributed by atoms with Crippen LogP contribution in [0.3, 0.4) is 0 Å². The summed E-state index contributed by atoms with van der Waals surface area (Å²) in [6.07, 6.45) is 39.1. The first-order valence-electron chi connectivity index (χ1n) is 47.8. The normalized spacial score (nSPS) is 22.8. The Hall–Kier alpha value is -11.7. The number of pyridine rings is 5. The second-order valence-corrected chi connectivity index (χ2v) is 37.8. The molecule has 0 saturated carbocycles. The first kappa shape index (κ1) is 85.1. The third-order valence-corrected chi connectivity index (χ3v) is 30.2. The van der Waals surface area contributed by atoms with Gasteiger partial charge < -0.3 is 47.4 Å². The second kappa shape index (κ2) is 38.4. The fourth-order valence-corrected chi connectivity index (χ4v) is 22.4. The minimum atomic E-state index is 0.335. The quantitative estimate of drug-likeness (QED) is 0.0947. The molecule has 0 bridgehead atoms. The van der Waals surface area contributed by atoms with Crippen LogP contribution in [0.4, 0.5) is 0 Å². The Morgan fingerprint density at radius 3 is 0.608 bits per heavy atom. The molecule has 5 saturated heterocycles. The number of ether oxygens (including phenoxy) is 10. The second-order valence-electron chi connectivity index (χ2n) is 37.8. The van der Waals surface area contributed by atoms with Gasteiger partial charge in [-0.1, -0.05) is 88.5 Å². The zero-order valence-corrected chi connectivity index (χ0v) is 75.7. The van der Waals surface area contributed by atoms with E-state index in [-0.39, 0.29) is 0 Å². The molecule has 0 radical (unpaired) electrons. The average molecular weight is 1740 g/mol. The van der Waals surface area contributed by atoms with Crippen molar-refractivity contribution in [2.75, 3.05) is 99.4 Å². The predicted molar refractivity (Wildman–Crippen MR) is 506 cm³/mol. The molecule has 0 spiro atoms. The van der Waals surface area contributed by atoms with E-state index in [2.05, 4.69) is 205 Å². The minimum absolute atomic E-state index is 0.335. The maximum Gasteiger partial charge on any atom is 0.231 e. The summed E-state index contributed by atoms with van der Waals surface area (Å²) in [6.45, 7) is 24.6. The first-order valence-corrected chi connectivity index (χ1v) is 47.8. The van der Waals surface area contributed by atoms with E-state index in [9.17, 15) is 0 Å². The van der Waals surface area contributed by atoms with Crippen LogP contribution in [0, 0.1) is 29.6 Å². The highest BCUT2D eigenvalue weighted by molar-refractivity contribution is 5.65. The molecule has 15 heterocycles. The Morgan fingerprint density at radius 1 is 0.238 bits per heavy atom. The highest BCUT2D eigenvalue weighted by atomic mass is 16.7. The Morgan fingerprint density at radius 2 is 0.423 bits per heavy atom. The highest BCUT2D eigenvalue weighted by Gasteiger charge is 2.37. The number of hydrogen-bond donors (Lipinski definition) is 0. The van der Waals surface area contributed by atoms with Crippen LogP contribution in [0.1, 0.15) is 213 Å². The molecule has 15 aliphatic rings. The van der Waals surface area contributed by atoms with Crippen LogP contribution in [-0.4, -0.2) is 149 Å². The summed E-state index contributed by atoms with van der Waals surface area (Å²) in [4.78, 5) is 35.7. The molecule has 10 atom stereocenters. The molecule has 5 aliphatic carbocycles. The zero-order chi connectivity index (χ0) is 87.5. The first-order chi connectivity index (χ1) is 63.9. The highest BCUT2D eigenvalue weighted by Crippen LogP contribution is 2.47. The van der Waals surface area contributed by atoms with E-state index in [1.165, 1.54) is 148 Å². The van der Waals surface area contributed by atoms with Crippen molar-refractivity contribution in [3.05, 3.63) is 295 Å². The molecule has 5 aromatic heterocycles. The van der Waals surface area contributed by atoms with E-state index >= 15 is 0 Å². The van der Waals surface area contributed by atoms with Crippen molar-refractivity contribution in [1.29, 1.82) is 0 Å². The number of hydrogen-bond acceptors (Lipinski definition) is 20.